The average Bonchev–Trinajstić information content (AvgIpc) is 2.16. The molecule has 1 rings (SSSR count). The number of halogens is 1. The summed E-state index contributed by atoms with van der Waals surface area (Å²) in [6, 6.07) is 3.74. The highest BCUT2D eigenvalue weighted by molar-refractivity contribution is 6.30. The Bertz CT molecular complexity index is 318. The fraction of sp³-hybridized carbons (Fsp3) is 0.500. The quantitative estimate of drug-likeness (QED) is 0.858. The first-order valence-electron chi connectivity index (χ1n) is 5.10. The summed E-state index contributed by atoms with van der Waals surface area (Å²) in [5.41, 5.74) is 7.96. The van der Waals surface area contributed by atoms with Crippen molar-refractivity contribution in [1.82, 2.24) is 0 Å². The van der Waals surface area contributed by atoms with Gasteiger partial charge in [0.1, 0.15) is 5.75 Å². The standard InChI is InChI=1S/C12H18ClNO/c1-7(2)10-5-9(13)6-11(8(3)14)12(10)15-4/h5-8H,14H2,1-4H3. The largest absolute Gasteiger partial charge is 0.496 e. The van der Waals surface area contributed by atoms with E-state index in [-0.39, 0.29) is 6.04 Å². The van der Waals surface area contributed by atoms with E-state index in [2.05, 4.69) is 13.8 Å². The van der Waals surface area contributed by atoms with Gasteiger partial charge in [-0.2, -0.15) is 0 Å². The summed E-state index contributed by atoms with van der Waals surface area (Å²) in [6.45, 7) is 6.15. The minimum Gasteiger partial charge on any atom is -0.496 e. The Morgan fingerprint density at radius 1 is 1.20 bits per heavy atom. The Morgan fingerprint density at radius 2 is 1.73 bits per heavy atom. The molecule has 0 aliphatic rings. The van der Waals surface area contributed by atoms with Crippen molar-refractivity contribution in [2.24, 2.45) is 5.73 Å². The topological polar surface area (TPSA) is 35.2 Å². The van der Waals surface area contributed by atoms with Gasteiger partial charge in [0.25, 0.3) is 0 Å². The van der Waals surface area contributed by atoms with Gasteiger partial charge in [0, 0.05) is 16.6 Å². The average molecular weight is 228 g/mol. The van der Waals surface area contributed by atoms with Crippen molar-refractivity contribution in [3.05, 3.63) is 28.3 Å². The Balaban J connectivity index is 3.38. The Hall–Kier alpha value is -0.730. The van der Waals surface area contributed by atoms with Gasteiger partial charge in [0.05, 0.1) is 7.11 Å². The minimum absolute atomic E-state index is 0.0730. The smallest absolute Gasteiger partial charge is 0.127 e. The lowest BCUT2D eigenvalue weighted by atomic mass is 9.96. The van der Waals surface area contributed by atoms with Gasteiger partial charge in [0.2, 0.25) is 0 Å². The van der Waals surface area contributed by atoms with E-state index in [9.17, 15) is 0 Å². The van der Waals surface area contributed by atoms with E-state index in [1.807, 2.05) is 19.1 Å². The second-order valence-corrected chi connectivity index (χ2v) is 4.50. The number of methoxy groups -OCH3 is 1. The Kier molecular flexibility index (Phi) is 4.00. The van der Waals surface area contributed by atoms with Crippen LogP contribution < -0.4 is 10.5 Å². The zero-order chi connectivity index (χ0) is 11.6. The molecule has 1 aromatic carbocycles. The van der Waals surface area contributed by atoms with Crippen LogP contribution in [0.1, 0.15) is 43.9 Å². The molecule has 0 aromatic heterocycles. The zero-order valence-corrected chi connectivity index (χ0v) is 10.4. The molecule has 0 aliphatic carbocycles. The van der Waals surface area contributed by atoms with E-state index in [0.29, 0.717) is 10.9 Å². The fourth-order valence-corrected chi connectivity index (χ4v) is 1.87. The SMILES string of the molecule is COc1c(C(C)C)cc(Cl)cc1C(C)N. The van der Waals surface area contributed by atoms with E-state index >= 15 is 0 Å². The number of ether oxygens (including phenoxy) is 1. The van der Waals surface area contributed by atoms with Gasteiger partial charge < -0.3 is 10.5 Å². The van der Waals surface area contributed by atoms with Crippen LogP contribution in [0.4, 0.5) is 0 Å². The van der Waals surface area contributed by atoms with E-state index in [1.54, 1.807) is 7.11 Å². The van der Waals surface area contributed by atoms with Gasteiger partial charge in [-0.05, 0) is 30.5 Å². The van der Waals surface area contributed by atoms with Gasteiger partial charge in [-0.15, -0.1) is 0 Å². The number of hydrogen-bond acceptors (Lipinski definition) is 2. The van der Waals surface area contributed by atoms with Crippen LogP contribution in [0.25, 0.3) is 0 Å². The van der Waals surface area contributed by atoms with E-state index in [0.717, 1.165) is 16.9 Å². The first kappa shape index (κ1) is 12.3. The number of hydrogen-bond donors (Lipinski definition) is 1. The fourth-order valence-electron chi connectivity index (χ4n) is 1.64. The molecular weight excluding hydrogens is 210 g/mol. The summed E-state index contributed by atoms with van der Waals surface area (Å²) in [4.78, 5) is 0. The molecular formula is C12H18ClNO. The first-order chi connectivity index (χ1) is 6.97. The van der Waals surface area contributed by atoms with Gasteiger partial charge >= 0.3 is 0 Å². The molecule has 0 spiro atoms. The Labute approximate surface area is 96.4 Å². The van der Waals surface area contributed by atoms with Crippen LogP contribution in [0.5, 0.6) is 5.75 Å². The van der Waals surface area contributed by atoms with Crippen molar-refractivity contribution in [3.8, 4) is 5.75 Å². The highest BCUT2D eigenvalue weighted by Crippen LogP contribution is 2.35. The second-order valence-electron chi connectivity index (χ2n) is 4.06. The van der Waals surface area contributed by atoms with Crippen LogP contribution in [0.15, 0.2) is 12.1 Å². The van der Waals surface area contributed by atoms with Gasteiger partial charge in [-0.3, -0.25) is 0 Å². The molecule has 0 aliphatic heterocycles. The minimum atomic E-state index is -0.0730. The molecule has 15 heavy (non-hydrogen) atoms. The molecule has 0 saturated heterocycles. The molecule has 0 saturated carbocycles. The lowest BCUT2D eigenvalue weighted by molar-refractivity contribution is 0.399. The molecule has 2 N–H and O–H groups in total. The predicted octanol–water partition coefficient (Wildman–Crippen LogP) is 3.49. The maximum Gasteiger partial charge on any atom is 0.127 e. The number of benzene rings is 1. The molecule has 0 fully saturated rings. The third kappa shape index (κ3) is 2.64. The summed E-state index contributed by atoms with van der Waals surface area (Å²) < 4.78 is 5.42. The van der Waals surface area contributed by atoms with Gasteiger partial charge in [0.15, 0.2) is 0 Å². The van der Waals surface area contributed by atoms with Crippen LogP contribution in [0.3, 0.4) is 0 Å². The van der Waals surface area contributed by atoms with Crippen molar-refractivity contribution >= 4 is 11.6 Å². The van der Waals surface area contributed by atoms with Crippen LogP contribution in [-0.2, 0) is 0 Å². The maximum atomic E-state index is 6.06. The van der Waals surface area contributed by atoms with Crippen LogP contribution in [0, 0.1) is 0 Å². The first-order valence-corrected chi connectivity index (χ1v) is 5.48. The summed E-state index contributed by atoms with van der Waals surface area (Å²) in [5.74, 6) is 1.24. The molecule has 0 radical (unpaired) electrons. The summed E-state index contributed by atoms with van der Waals surface area (Å²) in [5, 5.41) is 0.715. The normalized spacial score (nSPS) is 13.0. The molecule has 1 aromatic rings. The van der Waals surface area contributed by atoms with Gasteiger partial charge in [-0.1, -0.05) is 25.4 Å². The molecule has 1 atom stereocenters. The third-order valence-electron chi connectivity index (χ3n) is 2.43. The van der Waals surface area contributed by atoms with E-state index < -0.39 is 0 Å². The van der Waals surface area contributed by atoms with Crippen molar-refractivity contribution in [1.29, 1.82) is 0 Å². The third-order valence-corrected chi connectivity index (χ3v) is 2.65. The van der Waals surface area contributed by atoms with Crippen molar-refractivity contribution < 1.29 is 4.74 Å². The zero-order valence-electron chi connectivity index (χ0n) is 9.67. The Morgan fingerprint density at radius 3 is 2.13 bits per heavy atom. The monoisotopic (exact) mass is 227 g/mol. The predicted molar refractivity (Wildman–Crippen MR) is 64.7 cm³/mol. The molecule has 84 valence electrons. The molecule has 2 nitrogen and oxygen atoms in total. The summed E-state index contributed by atoms with van der Waals surface area (Å²) in [7, 11) is 1.67. The lowest BCUT2D eigenvalue weighted by Gasteiger charge is -2.18. The highest BCUT2D eigenvalue weighted by Gasteiger charge is 2.15. The molecule has 1 unspecified atom stereocenters. The van der Waals surface area contributed by atoms with Crippen LogP contribution >= 0.6 is 11.6 Å². The van der Waals surface area contributed by atoms with Crippen molar-refractivity contribution in [3.63, 3.8) is 0 Å². The lowest BCUT2D eigenvalue weighted by Crippen LogP contribution is -2.09. The summed E-state index contributed by atoms with van der Waals surface area (Å²) in [6.07, 6.45) is 0. The van der Waals surface area contributed by atoms with Crippen LogP contribution in [-0.4, -0.2) is 7.11 Å². The highest BCUT2D eigenvalue weighted by atomic mass is 35.5. The molecule has 3 heteroatoms. The van der Waals surface area contributed by atoms with E-state index in [4.69, 9.17) is 22.1 Å². The van der Waals surface area contributed by atoms with Crippen LogP contribution in [0.2, 0.25) is 5.02 Å². The summed E-state index contributed by atoms with van der Waals surface area (Å²) >= 11 is 6.06. The second kappa shape index (κ2) is 4.86. The van der Waals surface area contributed by atoms with Crippen molar-refractivity contribution in [2.45, 2.75) is 32.7 Å². The number of rotatable bonds is 3. The molecule has 0 amide bonds. The molecule has 0 heterocycles. The molecule has 0 bridgehead atoms. The van der Waals surface area contributed by atoms with Crippen molar-refractivity contribution in [2.75, 3.05) is 7.11 Å². The van der Waals surface area contributed by atoms with E-state index in [1.165, 1.54) is 0 Å². The maximum absolute atomic E-state index is 6.06. The van der Waals surface area contributed by atoms with Gasteiger partial charge in [-0.25, -0.2) is 0 Å². The number of nitrogens with two attached hydrogens (primary N) is 1.